The number of carbonyl (C=O) groups is 2. The SMILES string of the molecule is Cc1ccc(S(=O)(=O)N(CC(=O)N(Cc2ccc(Cl)c(Cl)c2)[C@H](C)C(=O)NC2CCCCC2)c2ccc(Cl)c(C(F)(F)F)c2)cc1. The van der Waals surface area contributed by atoms with E-state index in [9.17, 15) is 31.2 Å². The molecule has 0 heterocycles. The van der Waals surface area contributed by atoms with E-state index in [2.05, 4.69) is 5.32 Å². The van der Waals surface area contributed by atoms with Gasteiger partial charge in [-0.25, -0.2) is 8.42 Å². The van der Waals surface area contributed by atoms with Crippen molar-refractivity contribution in [1.29, 1.82) is 0 Å². The second-order valence-electron chi connectivity index (χ2n) is 11.3. The monoisotopic (exact) mass is 717 g/mol. The van der Waals surface area contributed by atoms with Crippen molar-refractivity contribution in [3.05, 3.63) is 92.4 Å². The molecule has 0 spiro atoms. The molecule has 46 heavy (non-hydrogen) atoms. The molecule has 7 nitrogen and oxygen atoms in total. The number of amides is 2. The lowest BCUT2D eigenvalue weighted by atomic mass is 9.95. The summed E-state index contributed by atoms with van der Waals surface area (Å²) in [5.74, 6) is -1.28. The standard InChI is InChI=1S/C32H33Cl3F3N3O4S/c1-20-8-12-25(13-9-20)46(44,45)41(24-11-15-27(33)26(17-24)32(36,37)38)19-30(42)40(18-22-10-14-28(34)29(35)16-22)21(2)31(43)39-23-6-4-3-5-7-23/h8-17,21,23H,3-7,18-19H2,1-2H3,(H,39,43)/t21-/m1/s1. The van der Waals surface area contributed by atoms with E-state index in [0.717, 1.165) is 49.8 Å². The van der Waals surface area contributed by atoms with Crippen molar-refractivity contribution in [2.75, 3.05) is 10.8 Å². The Morgan fingerprint density at radius 3 is 2.15 bits per heavy atom. The van der Waals surface area contributed by atoms with E-state index in [-0.39, 0.29) is 27.5 Å². The van der Waals surface area contributed by atoms with Gasteiger partial charge >= 0.3 is 6.18 Å². The van der Waals surface area contributed by atoms with Crippen LogP contribution in [0.4, 0.5) is 18.9 Å². The van der Waals surface area contributed by atoms with Crippen molar-refractivity contribution in [3.8, 4) is 0 Å². The lowest BCUT2D eigenvalue weighted by Crippen LogP contribution is -2.53. The molecule has 4 rings (SSSR count). The van der Waals surface area contributed by atoms with E-state index in [1.165, 1.54) is 48.2 Å². The Morgan fingerprint density at radius 2 is 1.54 bits per heavy atom. The van der Waals surface area contributed by atoms with Gasteiger partial charge in [-0.05, 0) is 74.7 Å². The highest BCUT2D eigenvalue weighted by molar-refractivity contribution is 7.92. The first-order valence-electron chi connectivity index (χ1n) is 14.6. The molecular weight excluding hydrogens is 686 g/mol. The molecular formula is C32H33Cl3F3N3O4S. The summed E-state index contributed by atoms with van der Waals surface area (Å²) in [6.45, 7) is 2.17. The lowest BCUT2D eigenvalue weighted by Gasteiger charge is -2.33. The van der Waals surface area contributed by atoms with Gasteiger partial charge in [0.2, 0.25) is 11.8 Å². The van der Waals surface area contributed by atoms with Crippen LogP contribution in [0.5, 0.6) is 0 Å². The Kier molecular flexibility index (Phi) is 11.6. The summed E-state index contributed by atoms with van der Waals surface area (Å²) in [6.07, 6.45) is -0.339. The second-order valence-corrected chi connectivity index (χ2v) is 14.4. The fraction of sp³-hybridized carbons (Fsp3) is 0.375. The van der Waals surface area contributed by atoms with Crippen molar-refractivity contribution in [2.24, 2.45) is 0 Å². The molecule has 0 unspecified atom stereocenters. The Labute approximate surface area is 281 Å². The minimum atomic E-state index is -4.90. The fourth-order valence-corrected chi connectivity index (χ4v) is 7.19. The minimum Gasteiger partial charge on any atom is -0.352 e. The van der Waals surface area contributed by atoms with Gasteiger partial charge in [-0.2, -0.15) is 13.2 Å². The van der Waals surface area contributed by atoms with Crippen LogP contribution < -0.4 is 9.62 Å². The Bertz CT molecular complexity index is 1680. The van der Waals surface area contributed by atoms with Gasteiger partial charge in [-0.15, -0.1) is 0 Å². The number of hydrogen-bond acceptors (Lipinski definition) is 4. The lowest BCUT2D eigenvalue weighted by molar-refractivity contribution is -0.139. The van der Waals surface area contributed by atoms with Gasteiger partial charge in [0.1, 0.15) is 12.6 Å². The highest BCUT2D eigenvalue weighted by atomic mass is 35.5. The maximum absolute atomic E-state index is 14.1. The van der Waals surface area contributed by atoms with Crippen LogP contribution in [0.1, 0.15) is 55.7 Å². The van der Waals surface area contributed by atoms with Crippen LogP contribution in [-0.2, 0) is 32.3 Å². The molecule has 1 saturated carbocycles. The molecule has 0 radical (unpaired) electrons. The van der Waals surface area contributed by atoms with Gasteiger partial charge in [-0.1, -0.05) is 77.8 Å². The second kappa shape index (κ2) is 14.8. The molecule has 0 aliphatic heterocycles. The van der Waals surface area contributed by atoms with Gasteiger partial charge < -0.3 is 10.2 Å². The van der Waals surface area contributed by atoms with E-state index in [4.69, 9.17) is 34.8 Å². The molecule has 14 heteroatoms. The van der Waals surface area contributed by atoms with Gasteiger partial charge in [0.25, 0.3) is 10.0 Å². The number of nitrogens with zero attached hydrogens (tertiary/aromatic N) is 2. The molecule has 0 saturated heterocycles. The number of hydrogen-bond donors (Lipinski definition) is 1. The smallest absolute Gasteiger partial charge is 0.352 e. The topological polar surface area (TPSA) is 86.8 Å². The first kappa shape index (κ1) is 35.9. The number of alkyl halides is 3. The number of benzene rings is 3. The largest absolute Gasteiger partial charge is 0.417 e. The molecule has 1 fully saturated rings. The fourth-order valence-electron chi connectivity index (χ4n) is 5.24. The van der Waals surface area contributed by atoms with Gasteiger partial charge in [0.15, 0.2) is 0 Å². The molecule has 1 aliphatic rings. The van der Waals surface area contributed by atoms with Crippen LogP contribution in [-0.4, -0.2) is 43.8 Å². The number of sulfonamides is 1. The Morgan fingerprint density at radius 1 is 0.913 bits per heavy atom. The van der Waals surface area contributed by atoms with E-state index in [1.807, 2.05) is 0 Å². The van der Waals surface area contributed by atoms with Crippen molar-refractivity contribution in [2.45, 2.75) is 75.7 Å². The molecule has 1 N–H and O–H groups in total. The average Bonchev–Trinajstić information content (AvgIpc) is 3.00. The van der Waals surface area contributed by atoms with Crippen molar-refractivity contribution >= 4 is 62.3 Å². The summed E-state index contributed by atoms with van der Waals surface area (Å²) in [5.41, 5.74) is -0.451. The summed E-state index contributed by atoms with van der Waals surface area (Å²) in [5, 5.41) is 2.82. The van der Waals surface area contributed by atoms with Gasteiger partial charge in [0, 0.05) is 12.6 Å². The normalized spacial score (nSPS) is 14.9. The molecule has 0 aromatic heterocycles. The zero-order valence-electron chi connectivity index (χ0n) is 25.1. The average molecular weight is 719 g/mol. The summed E-state index contributed by atoms with van der Waals surface area (Å²) in [7, 11) is -4.59. The van der Waals surface area contributed by atoms with E-state index in [0.29, 0.717) is 15.9 Å². The van der Waals surface area contributed by atoms with E-state index in [1.54, 1.807) is 13.0 Å². The number of rotatable bonds is 10. The Hall–Kier alpha value is -2.99. The highest BCUT2D eigenvalue weighted by Gasteiger charge is 2.37. The maximum Gasteiger partial charge on any atom is 0.417 e. The molecule has 1 atom stereocenters. The zero-order valence-corrected chi connectivity index (χ0v) is 28.2. The van der Waals surface area contributed by atoms with Crippen LogP contribution in [0.25, 0.3) is 0 Å². The molecule has 3 aromatic carbocycles. The van der Waals surface area contributed by atoms with Crippen LogP contribution >= 0.6 is 34.8 Å². The summed E-state index contributed by atoms with van der Waals surface area (Å²) >= 11 is 18.1. The number of halogens is 6. The Balaban J connectivity index is 1.76. The predicted molar refractivity (Wildman–Crippen MR) is 174 cm³/mol. The van der Waals surface area contributed by atoms with Gasteiger partial charge in [0.05, 0.1) is 31.2 Å². The number of carbonyl (C=O) groups excluding carboxylic acids is 2. The summed E-state index contributed by atoms with van der Waals surface area (Å²) in [6, 6.07) is 11.8. The summed E-state index contributed by atoms with van der Waals surface area (Å²) < 4.78 is 70.1. The zero-order chi connectivity index (χ0) is 33.8. The summed E-state index contributed by atoms with van der Waals surface area (Å²) in [4.78, 5) is 28.5. The molecule has 248 valence electrons. The van der Waals surface area contributed by atoms with Gasteiger partial charge in [-0.3, -0.25) is 13.9 Å². The van der Waals surface area contributed by atoms with Crippen LogP contribution in [0.2, 0.25) is 15.1 Å². The first-order chi connectivity index (χ1) is 21.6. The highest BCUT2D eigenvalue weighted by Crippen LogP contribution is 2.38. The third-order valence-corrected chi connectivity index (χ3v) is 10.7. The molecule has 2 amide bonds. The number of nitrogens with one attached hydrogen (secondary N) is 1. The van der Waals surface area contributed by atoms with Crippen LogP contribution in [0.3, 0.4) is 0 Å². The first-order valence-corrected chi connectivity index (χ1v) is 17.1. The minimum absolute atomic E-state index is 0.0705. The van der Waals surface area contributed by atoms with Crippen LogP contribution in [0, 0.1) is 6.92 Å². The van der Waals surface area contributed by atoms with E-state index < -0.39 is 56.9 Å². The predicted octanol–water partition coefficient (Wildman–Crippen LogP) is 8.04. The van der Waals surface area contributed by atoms with Crippen molar-refractivity contribution in [1.82, 2.24) is 10.2 Å². The van der Waals surface area contributed by atoms with Crippen molar-refractivity contribution in [3.63, 3.8) is 0 Å². The quantitative estimate of drug-likeness (QED) is 0.230. The third-order valence-electron chi connectivity index (χ3n) is 7.89. The van der Waals surface area contributed by atoms with E-state index >= 15 is 0 Å². The third kappa shape index (κ3) is 8.67. The van der Waals surface area contributed by atoms with Crippen LogP contribution in [0.15, 0.2) is 65.6 Å². The number of aryl methyl sites for hydroxylation is 1. The number of anilines is 1. The molecule has 3 aromatic rings. The van der Waals surface area contributed by atoms with Crippen molar-refractivity contribution < 1.29 is 31.2 Å². The molecule has 0 bridgehead atoms. The maximum atomic E-state index is 14.1. The molecule has 1 aliphatic carbocycles.